The molecular weight excluding hydrogens is 495 g/mol. The van der Waals surface area contributed by atoms with Crippen molar-refractivity contribution < 1.29 is 23.0 Å². The van der Waals surface area contributed by atoms with Crippen molar-refractivity contribution in [3.05, 3.63) is 23.8 Å². The van der Waals surface area contributed by atoms with Gasteiger partial charge in [-0.25, -0.2) is 0 Å². The van der Waals surface area contributed by atoms with Gasteiger partial charge in [-0.15, -0.1) is 24.0 Å². The average Bonchev–Trinajstić information content (AvgIpc) is 3.15. The van der Waals surface area contributed by atoms with Crippen molar-refractivity contribution in [1.82, 2.24) is 10.6 Å². The molecule has 2 rings (SSSR count). The zero-order valence-electron chi connectivity index (χ0n) is 17.3. The number of nitrogens with one attached hydrogen (secondary N) is 2. The molecule has 0 atom stereocenters. The lowest BCUT2D eigenvalue weighted by atomic mass is 9.83. The first kappa shape index (κ1) is 25.7. The molecule has 9 heteroatoms. The van der Waals surface area contributed by atoms with Crippen LogP contribution in [0.4, 0.5) is 8.78 Å². The van der Waals surface area contributed by atoms with Crippen LogP contribution >= 0.6 is 24.0 Å². The molecule has 1 aliphatic rings. The third-order valence-corrected chi connectivity index (χ3v) is 5.26. The van der Waals surface area contributed by atoms with Crippen LogP contribution in [0.15, 0.2) is 23.2 Å². The summed E-state index contributed by atoms with van der Waals surface area (Å²) in [7, 11) is 4.86. The Hall–Kier alpha value is -1.36. The molecule has 1 fully saturated rings. The van der Waals surface area contributed by atoms with E-state index < -0.39 is 6.61 Å². The Bertz CT molecular complexity index is 641. The molecule has 0 spiro atoms. The lowest BCUT2D eigenvalue weighted by Gasteiger charge is -2.30. The number of ether oxygens (including phenoxy) is 3. The van der Waals surface area contributed by atoms with Gasteiger partial charge in [0.05, 0.1) is 7.11 Å². The molecule has 0 bridgehead atoms. The summed E-state index contributed by atoms with van der Waals surface area (Å²) in [6.45, 7) is -0.889. The third kappa shape index (κ3) is 8.12. The van der Waals surface area contributed by atoms with Crippen molar-refractivity contribution in [2.75, 3.05) is 34.4 Å². The van der Waals surface area contributed by atoms with Gasteiger partial charge >= 0.3 is 6.61 Å². The fourth-order valence-electron chi connectivity index (χ4n) is 3.66. The fourth-order valence-corrected chi connectivity index (χ4v) is 3.66. The standard InChI is InChI=1S/C20H31F2N3O3.HI/c1-23-19(25-14-20(10-11-26-2)8-4-5-9-20)24-13-15-6-7-16(27-3)17(12-15)28-18(21)22;/h6-7,12,18H,4-5,8-11,13-14H2,1-3H3,(H2,23,24,25);1H. The second-order valence-electron chi connectivity index (χ2n) is 7.09. The zero-order chi connectivity index (χ0) is 20.4. The van der Waals surface area contributed by atoms with Crippen LogP contribution in [0.5, 0.6) is 11.5 Å². The Kier molecular flexibility index (Phi) is 11.6. The van der Waals surface area contributed by atoms with E-state index >= 15 is 0 Å². The minimum absolute atomic E-state index is 0. The molecule has 29 heavy (non-hydrogen) atoms. The Morgan fingerprint density at radius 1 is 1.17 bits per heavy atom. The van der Waals surface area contributed by atoms with Gasteiger partial charge in [0, 0.05) is 33.9 Å². The summed E-state index contributed by atoms with van der Waals surface area (Å²) in [6.07, 6.45) is 5.90. The van der Waals surface area contributed by atoms with Crippen molar-refractivity contribution in [3.63, 3.8) is 0 Å². The van der Waals surface area contributed by atoms with Crippen molar-refractivity contribution in [2.45, 2.75) is 45.3 Å². The molecule has 6 nitrogen and oxygen atoms in total. The van der Waals surface area contributed by atoms with Gasteiger partial charge in [0.2, 0.25) is 0 Å². The summed E-state index contributed by atoms with van der Waals surface area (Å²) in [4.78, 5) is 4.27. The highest BCUT2D eigenvalue weighted by atomic mass is 127. The van der Waals surface area contributed by atoms with Gasteiger partial charge in [-0.2, -0.15) is 8.78 Å². The third-order valence-electron chi connectivity index (χ3n) is 5.26. The second-order valence-corrected chi connectivity index (χ2v) is 7.09. The lowest BCUT2D eigenvalue weighted by molar-refractivity contribution is -0.0512. The van der Waals surface area contributed by atoms with Crippen molar-refractivity contribution in [3.8, 4) is 11.5 Å². The second kappa shape index (κ2) is 13.0. The monoisotopic (exact) mass is 527 g/mol. The first-order valence-corrected chi connectivity index (χ1v) is 9.57. The lowest BCUT2D eigenvalue weighted by Crippen LogP contribution is -2.43. The smallest absolute Gasteiger partial charge is 0.387 e. The van der Waals surface area contributed by atoms with E-state index in [1.54, 1.807) is 32.4 Å². The molecule has 166 valence electrons. The van der Waals surface area contributed by atoms with E-state index in [-0.39, 0.29) is 40.9 Å². The molecule has 1 aromatic carbocycles. The van der Waals surface area contributed by atoms with Crippen LogP contribution in [-0.4, -0.2) is 47.0 Å². The summed E-state index contributed by atoms with van der Waals surface area (Å²) in [5, 5.41) is 6.63. The molecule has 2 N–H and O–H groups in total. The molecule has 0 radical (unpaired) electrons. The summed E-state index contributed by atoms with van der Waals surface area (Å²) < 4.78 is 40.0. The number of alkyl halides is 2. The van der Waals surface area contributed by atoms with Gasteiger partial charge in [-0.1, -0.05) is 18.9 Å². The number of methoxy groups -OCH3 is 2. The molecule has 1 saturated carbocycles. The molecule has 0 saturated heterocycles. The molecule has 1 aromatic rings. The van der Waals surface area contributed by atoms with E-state index in [1.807, 2.05) is 0 Å². The van der Waals surface area contributed by atoms with E-state index in [1.165, 1.54) is 32.8 Å². The Morgan fingerprint density at radius 3 is 2.48 bits per heavy atom. The maximum Gasteiger partial charge on any atom is 0.387 e. The first-order valence-electron chi connectivity index (χ1n) is 9.57. The van der Waals surface area contributed by atoms with Crippen LogP contribution in [0.1, 0.15) is 37.7 Å². The Balaban J connectivity index is 0.00000420. The quantitative estimate of drug-likeness (QED) is 0.272. The number of guanidine groups is 1. The molecule has 0 unspecified atom stereocenters. The highest BCUT2D eigenvalue weighted by Gasteiger charge is 2.33. The zero-order valence-corrected chi connectivity index (χ0v) is 19.6. The Morgan fingerprint density at radius 2 is 1.90 bits per heavy atom. The summed E-state index contributed by atoms with van der Waals surface area (Å²) in [5.41, 5.74) is 1.03. The van der Waals surface area contributed by atoms with E-state index in [9.17, 15) is 8.78 Å². The van der Waals surface area contributed by atoms with Crippen molar-refractivity contribution >= 4 is 29.9 Å². The summed E-state index contributed by atoms with van der Waals surface area (Å²) in [5.74, 6) is 0.966. The Labute approximate surface area is 188 Å². The van der Waals surface area contributed by atoms with Gasteiger partial charge in [0.1, 0.15) is 0 Å². The number of halogens is 3. The largest absolute Gasteiger partial charge is 0.493 e. The number of aliphatic imine (C=N–C) groups is 1. The predicted molar refractivity (Wildman–Crippen MR) is 121 cm³/mol. The van der Waals surface area contributed by atoms with Gasteiger partial charge in [-0.3, -0.25) is 4.99 Å². The predicted octanol–water partition coefficient (Wildman–Crippen LogP) is 4.18. The molecular formula is C20H32F2IN3O3. The van der Waals surface area contributed by atoms with Crippen molar-refractivity contribution in [1.29, 1.82) is 0 Å². The molecule has 0 amide bonds. The first-order chi connectivity index (χ1) is 13.5. The molecule has 0 heterocycles. The highest BCUT2D eigenvalue weighted by molar-refractivity contribution is 14.0. The number of nitrogens with zero attached hydrogens (tertiary/aromatic N) is 1. The van der Waals surface area contributed by atoms with Gasteiger partial charge in [-0.05, 0) is 42.4 Å². The summed E-state index contributed by atoms with van der Waals surface area (Å²) >= 11 is 0. The van der Waals surface area contributed by atoms with Crippen LogP contribution < -0.4 is 20.1 Å². The van der Waals surface area contributed by atoms with Crippen LogP contribution in [0.2, 0.25) is 0 Å². The average molecular weight is 527 g/mol. The van der Waals surface area contributed by atoms with Crippen LogP contribution in [0.25, 0.3) is 0 Å². The minimum Gasteiger partial charge on any atom is -0.493 e. The van der Waals surface area contributed by atoms with Crippen molar-refractivity contribution in [2.24, 2.45) is 10.4 Å². The normalized spacial score (nSPS) is 15.7. The van der Waals surface area contributed by atoms with Crippen LogP contribution in [0.3, 0.4) is 0 Å². The van der Waals surface area contributed by atoms with Gasteiger partial charge in [0.15, 0.2) is 17.5 Å². The molecule has 0 aliphatic heterocycles. The van der Waals surface area contributed by atoms with Gasteiger partial charge < -0.3 is 24.8 Å². The SMILES string of the molecule is CN=C(NCc1ccc(OC)c(OC(F)F)c1)NCC1(CCOC)CCCC1.I. The highest BCUT2D eigenvalue weighted by Crippen LogP contribution is 2.40. The van der Waals surface area contributed by atoms with E-state index in [0.29, 0.717) is 12.5 Å². The van der Waals surface area contributed by atoms with E-state index in [4.69, 9.17) is 9.47 Å². The maximum absolute atomic E-state index is 12.6. The number of benzene rings is 1. The summed E-state index contributed by atoms with van der Waals surface area (Å²) in [6, 6.07) is 4.96. The topological polar surface area (TPSA) is 64.1 Å². The molecule has 1 aliphatic carbocycles. The minimum atomic E-state index is -2.90. The number of hydrogen-bond acceptors (Lipinski definition) is 4. The van der Waals surface area contributed by atoms with Gasteiger partial charge in [0.25, 0.3) is 0 Å². The van der Waals surface area contributed by atoms with Crippen LogP contribution in [0, 0.1) is 5.41 Å². The number of rotatable bonds is 10. The van der Waals surface area contributed by atoms with E-state index in [0.717, 1.165) is 25.1 Å². The fraction of sp³-hybridized carbons (Fsp3) is 0.650. The maximum atomic E-state index is 12.6. The molecule has 0 aromatic heterocycles. The number of hydrogen-bond donors (Lipinski definition) is 2. The van der Waals surface area contributed by atoms with E-state index in [2.05, 4.69) is 20.4 Å². The van der Waals surface area contributed by atoms with Crippen LogP contribution in [-0.2, 0) is 11.3 Å².